The van der Waals surface area contributed by atoms with Gasteiger partial charge in [0.05, 0.1) is 5.84 Å². The Labute approximate surface area is 99.6 Å². The van der Waals surface area contributed by atoms with Crippen LogP contribution in [-0.2, 0) is 0 Å². The lowest BCUT2D eigenvalue weighted by molar-refractivity contribution is 0.691. The van der Waals surface area contributed by atoms with Gasteiger partial charge in [-0.15, -0.1) is 0 Å². The van der Waals surface area contributed by atoms with Crippen LogP contribution in [0.25, 0.3) is 0 Å². The lowest BCUT2D eigenvalue weighted by atomic mass is 10.3. The second kappa shape index (κ2) is 4.57. The minimum absolute atomic E-state index is 0.0546. The summed E-state index contributed by atoms with van der Waals surface area (Å²) in [5.41, 5.74) is 5.24. The van der Waals surface area contributed by atoms with E-state index in [0.29, 0.717) is 24.8 Å². The molecule has 1 heterocycles. The van der Waals surface area contributed by atoms with Crippen molar-refractivity contribution in [2.24, 2.45) is 5.73 Å². The van der Waals surface area contributed by atoms with Crippen molar-refractivity contribution in [3.63, 3.8) is 0 Å². The van der Waals surface area contributed by atoms with Crippen molar-refractivity contribution in [1.29, 1.82) is 5.41 Å². The van der Waals surface area contributed by atoms with Gasteiger partial charge in [-0.1, -0.05) is 0 Å². The number of amidine groups is 1. The van der Waals surface area contributed by atoms with Gasteiger partial charge in [0.25, 0.3) is 5.56 Å². The average Bonchev–Trinajstić information content (AvgIpc) is 3.10. The fourth-order valence-electron chi connectivity index (χ4n) is 1.71. The topological polar surface area (TPSA) is 88.0 Å². The molecule has 0 aliphatic heterocycles. The van der Waals surface area contributed by atoms with E-state index in [1.807, 2.05) is 0 Å². The molecule has 0 amide bonds. The standard InChI is InChI=1S/C11H17N5O/c1-15(6-4-9(12)13)10-11(17)16(7-5-14-10)8-2-3-8/h5,7-8H,2-4,6H2,1H3,(H3,12,13). The van der Waals surface area contributed by atoms with Crippen LogP contribution in [0.3, 0.4) is 0 Å². The molecule has 0 radical (unpaired) electrons. The number of nitrogens with one attached hydrogen (secondary N) is 1. The molecule has 6 heteroatoms. The first-order chi connectivity index (χ1) is 8.09. The maximum absolute atomic E-state index is 12.1. The third-order valence-electron chi connectivity index (χ3n) is 2.87. The Morgan fingerprint density at radius 3 is 3.00 bits per heavy atom. The molecule has 1 fully saturated rings. The SMILES string of the molecule is CN(CCC(=N)N)c1nccn(C2CC2)c1=O. The van der Waals surface area contributed by atoms with E-state index in [1.54, 1.807) is 28.9 Å². The molecule has 0 bridgehead atoms. The van der Waals surface area contributed by atoms with Crippen LogP contribution in [0.2, 0.25) is 0 Å². The molecule has 1 saturated carbocycles. The second-order valence-electron chi connectivity index (χ2n) is 4.39. The molecule has 2 rings (SSSR count). The largest absolute Gasteiger partial charge is 0.388 e. The highest BCUT2D eigenvalue weighted by molar-refractivity contribution is 5.77. The first-order valence-corrected chi connectivity index (χ1v) is 5.71. The van der Waals surface area contributed by atoms with Crippen LogP contribution in [0.5, 0.6) is 0 Å². The predicted molar refractivity (Wildman–Crippen MR) is 66.6 cm³/mol. The third kappa shape index (κ3) is 2.64. The maximum atomic E-state index is 12.1. The van der Waals surface area contributed by atoms with Crippen molar-refractivity contribution in [1.82, 2.24) is 9.55 Å². The van der Waals surface area contributed by atoms with Gasteiger partial charge in [-0.25, -0.2) is 4.98 Å². The van der Waals surface area contributed by atoms with Crippen LogP contribution in [-0.4, -0.2) is 29.0 Å². The molecule has 0 spiro atoms. The zero-order valence-corrected chi connectivity index (χ0v) is 9.89. The molecular weight excluding hydrogens is 218 g/mol. The van der Waals surface area contributed by atoms with Gasteiger partial charge in [-0.05, 0) is 12.8 Å². The van der Waals surface area contributed by atoms with E-state index >= 15 is 0 Å². The van der Waals surface area contributed by atoms with E-state index in [9.17, 15) is 4.79 Å². The molecule has 0 atom stereocenters. The minimum atomic E-state index is -0.0546. The van der Waals surface area contributed by atoms with Crippen molar-refractivity contribution < 1.29 is 0 Å². The van der Waals surface area contributed by atoms with Gasteiger partial charge in [-0.3, -0.25) is 10.2 Å². The number of hydrogen-bond acceptors (Lipinski definition) is 4. The molecule has 1 aromatic heterocycles. The van der Waals surface area contributed by atoms with Crippen molar-refractivity contribution in [3.05, 3.63) is 22.7 Å². The summed E-state index contributed by atoms with van der Waals surface area (Å²) in [6.45, 7) is 0.534. The van der Waals surface area contributed by atoms with Crippen molar-refractivity contribution in [3.8, 4) is 0 Å². The Morgan fingerprint density at radius 1 is 1.71 bits per heavy atom. The summed E-state index contributed by atoms with van der Waals surface area (Å²) in [4.78, 5) is 18.0. The van der Waals surface area contributed by atoms with E-state index in [0.717, 1.165) is 12.8 Å². The first kappa shape index (κ1) is 11.6. The van der Waals surface area contributed by atoms with E-state index in [1.165, 1.54) is 0 Å². The van der Waals surface area contributed by atoms with Gasteiger partial charge in [0, 0.05) is 38.4 Å². The van der Waals surface area contributed by atoms with E-state index < -0.39 is 0 Å². The Morgan fingerprint density at radius 2 is 2.41 bits per heavy atom. The van der Waals surface area contributed by atoms with E-state index in [-0.39, 0.29) is 11.4 Å². The highest BCUT2D eigenvalue weighted by atomic mass is 16.1. The zero-order valence-electron chi connectivity index (χ0n) is 9.89. The van der Waals surface area contributed by atoms with Gasteiger partial charge >= 0.3 is 0 Å². The Hall–Kier alpha value is -1.85. The first-order valence-electron chi connectivity index (χ1n) is 5.71. The van der Waals surface area contributed by atoms with Gasteiger partial charge in [-0.2, -0.15) is 0 Å². The lowest BCUT2D eigenvalue weighted by Crippen LogP contribution is -2.32. The highest BCUT2D eigenvalue weighted by Crippen LogP contribution is 2.33. The molecule has 0 saturated heterocycles. The monoisotopic (exact) mass is 235 g/mol. The molecule has 1 aliphatic carbocycles. The Balaban J connectivity index is 2.17. The van der Waals surface area contributed by atoms with Gasteiger partial charge in [0.15, 0.2) is 5.82 Å². The van der Waals surface area contributed by atoms with Crippen molar-refractivity contribution in [2.45, 2.75) is 25.3 Å². The summed E-state index contributed by atoms with van der Waals surface area (Å²) in [6.07, 6.45) is 5.97. The lowest BCUT2D eigenvalue weighted by Gasteiger charge is -2.17. The van der Waals surface area contributed by atoms with Gasteiger partial charge in [0.2, 0.25) is 0 Å². The van der Waals surface area contributed by atoms with Crippen LogP contribution >= 0.6 is 0 Å². The number of hydrogen-bond donors (Lipinski definition) is 2. The smallest absolute Gasteiger partial charge is 0.293 e. The van der Waals surface area contributed by atoms with Crippen molar-refractivity contribution in [2.75, 3.05) is 18.5 Å². The molecule has 0 aromatic carbocycles. The molecule has 17 heavy (non-hydrogen) atoms. The number of anilines is 1. The second-order valence-corrected chi connectivity index (χ2v) is 4.39. The number of rotatable bonds is 5. The maximum Gasteiger partial charge on any atom is 0.293 e. The summed E-state index contributed by atoms with van der Waals surface area (Å²) in [6, 6.07) is 0.352. The van der Waals surface area contributed by atoms with Crippen LogP contribution < -0.4 is 16.2 Å². The number of aromatic nitrogens is 2. The fraction of sp³-hybridized carbons (Fsp3) is 0.545. The van der Waals surface area contributed by atoms with E-state index in [4.69, 9.17) is 11.1 Å². The quantitative estimate of drug-likeness (QED) is 0.569. The number of nitrogens with two attached hydrogens (primary N) is 1. The highest BCUT2D eigenvalue weighted by Gasteiger charge is 2.25. The number of nitrogens with zero attached hydrogens (tertiary/aromatic N) is 3. The Bertz CT molecular complexity index is 477. The average molecular weight is 235 g/mol. The third-order valence-corrected chi connectivity index (χ3v) is 2.87. The molecule has 0 unspecified atom stereocenters. The fourth-order valence-corrected chi connectivity index (χ4v) is 1.71. The molecule has 1 aromatic rings. The zero-order chi connectivity index (χ0) is 12.4. The summed E-state index contributed by atoms with van der Waals surface area (Å²) < 4.78 is 1.74. The minimum Gasteiger partial charge on any atom is -0.388 e. The van der Waals surface area contributed by atoms with Crippen LogP contribution in [0.15, 0.2) is 17.2 Å². The molecule has 92 valence electrons. The molecular formula is C11H17N5O. The van der Waals surface area contributed by atoms with Crippen LogP contribution in [0.4, 0.5) is 5.82 Å². The van der Waals surface area contributed by atoms with Crippen molar-refractivity contribution >= 4 is 11.7 Å². The molecule has 3 N–H and O–H groups in total. The summed E-state index contributed by atoms with van der Waals surface area (Å²) in [7, 11) is 1.80. The summed E-state index contributed by atoms with van der Waals surface area (Å²) >= 11 is 0. The molecule has 1 aliphatic rings. The summed E-state index contributed by atoms with van der Waals surface area (Å²) in [5, 5.41) is 7.17. The van der Waals surface area contributed by atoms with Crippen LogP contribution in [0.1, 0.15) is 25.3 Å². The van der Waals surface area contributed by atoms with Gasteiger partial charge < -0.3 is 15.2 Å². The summed E-state index contributed by atoms with van der Waals surface area (Å²) in [5.74, 6) is 0.552. The normalized spacial score (nSPS) is 14.6. The predicted octanol–water partition coefficient (Wildman–Crippen LogP) is 0.340. The Kier molecular flexibility index (Phi) is 3.12. The molecule has 6 nitrogen and oxygen atoms in total. The van der Waals surface area contributed by atoms with Gasteiger partial charge in [0.1, 0.15) is 0 Å². The van der Waals surface area contributed by atoms with Crippen LogP contribution in [0, 0.1) is 5.41 Å². The van der Waals surface area contributed by atoms with E-state index in [2.05, 4.69) is 4.98 Å².